The molecule has 3 rings (SSSR count). The Morgan fingerprint density at radius 3 is 3.11 bits per heavy atom. The predicted molar refractivity (Wildman–Crippen MR) is 71.0 cm³/mol. The molecule has 1 unspecified atom stereocenters. The van der Waals surface area contributed by atoms with Crippen LogP contribution in [0, 0.1) is 5.92 Å². The highest BCUT2D eigenvalue weighted by atomic mass is 16.3. The van der Waals surface area contributed by atoms with Gasteiger partial charge in [-0.1, -0.05) is 0 Å². The number of nitrogens with two attached hydrogens (primary N) is 2. The molecule has 6 heteroatoms. The van der Waals surface area contributed by atoms with E-state index in [4.69, 9.17) is 15.9 Å². The zero-order chi connectivity index (χ0) is 13.4. The number of benzene rings is 1. The maximum absolute atomic E-state index is 11.1. The molecule has 1 aromatic heterocycles. The summed E-state index contributed by atoms with van der Waals surface area (Å²) in [6.07, 6.45) is 0.808. The molecule has 1 aromatic carbocycles. The highest BCUT2D eigenvalue weighted by Gasteiger charge is 2.27. The number of carbonyl (C=O) groups excluding carboxylic acids is 1. The van der Waals surface area contributed by atoms with Crippen molar-refractivity contribution in [2.24, 2.45) is 11.7 Å². The van der Waals surface area contributed by atoms with E-state index in [1.165, 1.54) is 0 Å². The molecule has 1 fully saturated rings. The van der Waals surface area contributed by atoms with E-state index in [-0.39, 0.29) is 11.8 Å². The normalized spacial score (nSPS) is 20.1. The third-order valence-electron chi connectivity index (χ3n) is 3.49. The van der Waals surface area contributed by atoms with E-state index in [0.29, 0.717) is 24.7 Å². The van der Waals surface area contributed by atoms with E-state index in [1.54, 1.807) is 12.1 Å². The molecule has 1 aliphatic rings. The molecule has 0 radical (unpaired) electrons. The number of nitrogens with zero attached hydrogens (tertiary/aromatic N) is 2. The number of amides is 1. The number of anilines is 1. The lowest BCUT2D eigenvalue weighted by molar-refractivity contribution is -0.121. The molecule has 2 heterocycles. The highest BCUT2D eigenvalue weighted by molar-refractivity contribution is 5.77. The average molecular weight is 260 g/mol. The minimum atomic E-state index is -0.229. The molecule has 6 nitrogen and oxygen atoms in total. The lowest BCUT2D eigenvalue weighted by Gasteiger charge is -2.12. The van der Waals surface area contributed by atoms with Gasteiger partial charge in [0, 0.05) is 12.2 Å². The first-order chi connectivity index (χ1) is 9.11. The summed E-state index contributed by atoms with van der Waals surface area (Å²) in [7, 11) is 0. The second-order valence-electron chi connectivity index (χ2n) is 4.96. The van der Waals surface area contributed by atoms with E-state index >= 15 is 0 Å². The van der Waals surface area contributed by atoms with E-state index in [9.17, 15) is 4.79 Å². The van der Waals surface area contributed by atoms with Crippen LogP contribution in [-0.2, 0) is 11.3 Å². The summed E-state index contributed by atoms with van der Waals surface area (Å²) in [6, 6.07) is 5.39. The fraction of sp³-hybridized carbons (Fsp3) is 0.385. The van der Waals surface area contributed by atoms with Gasteiger partial charge in [-0.25, -0.2) is 4.98 Å². The average Bonchev–Trinajstić information content (AvgIpc) is 2.95. The van der Waals surface area contributed by atoms with E-state index in [2.05, 4.69) is 9.88 Å². The molecule has 1 atom stereocenters. The summed E-state index contributed by atoms with van der Waals surface area (Å²) in [5, 5.41) is 0. The molecule has 0 aliphatic carbocycles. The first-order valence-corrected chi connectivity index (χ1v) is 6.28. The number of oxazole rings is 1. The summed E-state index contributed by atoms with van der Waals surface area (Å²) < 4.78 is 5.66. The summed E-state index contributed by atoms with van der Waals surface area (Å²) in [5.74, 6) is 0.360. The SMILES string of the molecule is NC(=O)C1CCN(Cc2nc3cc(N)ccc3o2)C1. The van der Waals surface area contributed by atoms with Crippen molar-refractivity contribution in [3.63, 3.8) is 0 Å². The number of likely N-dealkylation sites (tertiary alicyclic amines) is 1. The van der Waals surface area contributed by atoms with Crippen LogP contribution in [-0.4, -0.2) is 28.9 Å². The second-order valence-corrected chi connectivity index (χ2v) is 4.96. The quantitative estimate of drug-likeness (QED) is 0.792. The van der Waals surface area contributed by atoms with Crippen LogP contribution in [0.5, 0.6) is 0 Å². The molecule has 19 heavy (non-hydrogen) atoms. The molecule has 1 aliphatic heterocycles. The van der Waals surface area contributed by atoms with Crippen LogP contribution in [0.25, 0.3) is 11.1 Å². The van der Waals surface area contributed by atoms with Gasteiger partial charge in [-0.15, -0.1) is 0 Å². The van der Waals surface area contributed by atoms with Crippen LogP contribution >= 0.6 is 0 Å². The van der Waals surface area contributed by atoms with E-state index in [0.717, 1.165) is 24.1 Å². The van der Waals surface area contributed by atoms with Crippen LogP contribution in [0.3, 0.4) is 0 Å². The fourth-order valence-corrected chi connectivity index (χ4v) is 2.46. The molecule has 0 bridgehead atoms. The van der Waals surface area contributed by atoms with Crippen LogP contribution in [0.1, 0.15) is 12.3 Å². The zero-order valence-electron chi connectivity index (χ0n) is 10.5. The standard InChI is InChI=1S/C13H16N4O2/c14-9-1-2-11-10(5-9)16-12(19-11)7-17-4-3-8(6-17)13(15)18/h1-2,5,8H,3-4,6-7,14H2,(H2,15,18). The Morgan fingerprint density at radius 1 is 1.53 bits per heavy atom. The zero-order valence-corrected chi connectivity index (χ0v) is 10.5. The fourth-order valence-electron chi connectivity index (χ4n) is 2.46. The summed E-state index contributed by atoms with van der Waals surface area (Å²) >= 11 is 0. The van der Waals surface area contributed by atoms with Gasteiger partial charge in [0.25, 0.3) is 0 Å². The van der Waals surface area contributed by atoms with Gasteiger partial charge in [0.05, 0.1) is 12.5 Å². The Hall–Kier alpha value is -2.08. The van der Waals surface area contributed by atoms with E-state index in [1.807, 2.05) is 6.07 Å². The van der Waals surface area contributed by atoms with Crippen LogP contribution in [0.4, 0.5) is 5.69 Å². The smallest absolute Gasteiger partial charge is 0.221 e. The topological polar surface area (TPSA) is 98.4 Å². The Kier molecular flexibility index (Phi) is 2.87. The number of primary amides is 1. The highest BCUT2D eigenvalue weighted by Crippen LogP contribution is 2.22. The summed E-state index contributed by atoms with van der Waals surface area (Å²) in [6.45, 7) is 2.11. The number of nitrogen functional groups attached to an aromatic ring is 1. The maximum atomic E-state index is 11.1. The minimum absolute atomic E-state index is 0.0555. The number of carbonyl (C=O) groups is 1. The van der Waals surface area contributed by atoms with Gasteiger partial charge in [0.15, 0.2) is 5.58 Å². The molecule has 4 N–H and O–H groups in total. The monoisotopic (exact) mass is 260 g/mol. The second kappa shape index (κ2) is 4.55. The summed E-state index contributed by atoms with van der Waals surface area (Å²) in [4.78, 5) is 17.7. The lowest BCUT2D eigenvalue weighted by Crippen LogP contribution is -2.27. The Balaban J connectivity index is 1.73. The van der Waals surface area contributed by atoms with Crippen molar-refractivity contribution in [1.29, 1.82) is 0 Å². The van der Waals surface area contributed by atoms with Crippen molar-refractivity contribution in [1.82, 2.24) is 9.88 Å². The van der Waals surface area contributed by atoms with Crippen LogP contribution in [0.2, 0.25) is 0 Å². The molecule has 0 spiro atoms. The number of hydrogen-bond acceptors (Lipinski definition) is 5. The Morgan fingerprint density at radius 2 is 2.37 bits per heavy atom. The predicted octanol–water partition coefficient (Wildman–Crippen LogP) is 0.717. The number of rotatable bonds is 3. The van der Waals surface area contributed by atoms with Crippen molar-refractivity contribution >= 4 is 22.7 Å². The van der Waals surface area contributed by atoms with E-state index < -0.39 is 0 Å². The van der Waals surface area contributed by atoms with Gasteiger partial charge in [-0.2, -0.15) is 0 Å². The van der Waals surface area contributed by atoms with Gasteiger partial charge in [0.1, 0.15) is 5.52 Å². The molecule has 1 amide bonds. The third-order valence-corrected chi connectivity index (χ3v) is 3.49. The first-order valence-electron chi connectivity index (χ1n) is 6.28. The third kappa shape index (κ3) is 2.39. The molecular formula is C13H16N4O2. The number of aromatic nitrogens is 1. The van der Waals surface area contributed by atoms with Crippen LogP contribution < -0.4 is 11.5 Å². The van der Waals surface area contributed by atoms with Gasteiger partial charge < -0.3 is 15.9 Å². The number of hydrogen-bond donors (Lipinski definition) is 2. The Labute approximate surface area is 110 Å². The van der Waals surface area contributed by atoms with Crippen molar-refractivity contribution < 1.29 is 9.21 Å². The Bertz CT molecular complexity index is 622. The van der Waals surface area contributed by atoms with Crippen molar-refractivity contribution in [3.8, 4) is 0 Å². The molecule has 0 saturated carbocycles. The molecule has 2 aromatic rings. The minimum Gasteiger partial charge on any atom is -0.439 e. The van der Waals surface area contributed by atoms with Gasteiger partial charge in [-0.3, -0.25) is 9.69 Å². The molecule has 1 saturated heterocycles. The van der Waals surface area contributed by atoms with Crippen LogP contribution in [0.15, 0.2) is 22.6 Å². The van der Waals surface area contributed by atoms with Crippen molar-refractivity contribution in [3.05, 3.63) is 24.1 Å². The lowest BCUT2D eigenvalue weighted by atomic mass is 10.1. The van der Waals surface area contributed by atoms with Gasteiger partial charge >= 0.3 is 0 Å². The van der Waals surface area contributed by atoms with Gasteiger partial charge in [-0.05, 0) is 31.2 Å². The summed E-state index contributed by atoms with van der Waals surface area (Å²) in [5.41, 5.74) is 13.2. The maximum Gasteiger partial charge on any atom is 0.221 e. The first kappa shape index (κ1) is 12.0. The number of fused-ring (bicyclic) bond motifs is 1. The van der Waals surface area contributed by atoms with Gasteiger partial charge in [0.2, 0.25) is 11.8 Å². The molecule has 100 valence electrons. The van der Waals surface area contributed by atoms with Crippen molar-refractivity contribution in [2.75, 3.05) is 18.8 Å². The molecular weight excluding hydrogens is 244 g/mol. The largest absolute Gasteiger partial charge is 0.439 e. The van der Waals surface area contributed by atoms with Crippen molar-refractivity contribution in [2.45, 2.75) is 13.0 Å².